The third-order valence-corrected chi connectivity index (χ3v) is 6.52. The van der Waals surface area contributed by atoms with Gasteiger partial charge in [-0.1, -0.05) is 42.8 Å². The number of hydrogen-bond donors (Lipinski definition) is 0. The summed E-state index contributed by atoms with van der Waals surface area (Å²) in [5.74, 6) is -3.08. The molecule has 1 aliphatic rings. The zero-order chi connectivity index (χ0) is 24.4. The summed E-state index contributed by atoms with van der Waals surface area (Å²) in [6, 6.07) is 12.0. The van der Waals surface area contributed by atoms with Crippen LogP contribution in [0, 0.1) is 26.9 Å². The molecule has 3 rings (SSSR count). The van der Waals surface area contributed by atoms with E-state index < -0.39 is 39.4 Å². The van der Waals surface area contributed by atoms with E-state index in [9.17, 15) is 24.5 Å². The van der Waals surface area contributed by atoms with E-state index in [-0.39, 0.29) is 17.7 Å². The predicted molar refractivity (Wildman–Crippen MR) is 121 cm³/mol. The first kappa shape index (κ1) is 24.1. The highest BCUT2D eigenvalue weighted by molar-refractivity contribution is 6.30. The van der Waals surface area contributed by atoms with Gasteiger partial charge in [-0.3, -0.25) is 24.5 Å². The fourth-order valence-corrected chi connectivity index (χ4v) is 4.81. The van der Waals surface area contributed by atoms with Gasteiger partial charge < -0.3 is 9.47 Å². The van der Waals surface area contributed by atoms with Gasteiger partial charge in [0.25, 0.3) is 5.69 Å². The number of non-ortho nitro benzene ring substituents is 1. The summed E-state index contributed by atoms with van der Waals surface area (Å²) in [6.45, 7) is 1.70. The molecule has 2 aromatic rings. The molecule has 0 radical (unpaired) electrons. The van der Waals surface area contributed by atoms with E-state index in [1.54, 1.807) is 37.3 Å². The van der Waals surface area contributed by atoms with Crippen LogP contribution < -0.4 is 0 Å². The van der Waals surface area contributed by atoms with E-state index in [0.717, 1.165) is 14.2 Å². The molecule has 33 heavy (non-hydrogen) atoms. The first-order chi connectivity index (χ1) is 15.7. The van der Waals surface area contributed by atoms with Gasteiger partial charge >= 0.3 is 11.9 Å². The molecule has 0 aromatic heterocycles. The van der Waals surface area contributed by atoms with Crippen molar-refractivity contribution in [1.29, 1.82) is 0 Å². The van der Waals surface area contributed by atoms with Crippen molar-refractivity contribution in [3.05, 3.63) is 80.9 Å². The van der Waals surface area contributed by atoms with Crippen molar-refractivity contribution in [3.63, 3.8) is 0 Å². The molecule has 0 N–H and O–H groups in total. The normalized spacial score (nSPS) is 20.8. The lowest BCUT2D eigenvalue weighted by atomic mass is 9.83. The molecule has 2 atom stereocenters. The maximum atomic E-state index is 13.7. The number of rotatable bonds is 8. The van der Waals surface area contributed by atoms with E-state index in [0.29, 0.717) is 10.6 Å². The van der Waals surface area contributed by atoms with Crippen LogP contribution in [0.4, 0.5) is 5.69 Å². The Hall–Kier alpha value is -3.52. The molecule has 0 unspecified atom stereocenters. The van der Waals surface area contributed by atoms with Crippen LogP contribution in [0.2, 0.25) is 5.02 Å². The number of Topliss-reactive ketones (excluding diaryl/α,β-unsaturated/α-hetero) is 1. The highest BCUT2D eigenvalue weighted by Gasteiger charge is 2.87. The van der Waals surface area contributed by atoms with Gasteiger partial charge in [0.05, 0.1) is 24.6 Å². The molecule has 1 aliphatic carbocycles. The summed E-state index contributed by atoms with van der Waals surface area (Å²) < 4.78 is 9.92. The number of carbonyl (C=O) groups excluding carboxylic acids is 3. The number of esters is 2. The van der Waals surface area contributed by atoms with Gasteiger partial charge in [0, 0.05) is 28.6 Å². The largest absolute Gasteiger partial charge is 0.468 e. The minimum absolute atomic E-state index is 0.112. The van der Waals surface area contributed by atoms with E-state index in [1.807, 2.05) is 0 Å². The lowest BCUT2D eigenvalue weighted by Gasteiger charge is -2.20. The van der Waals surface area contributed by atoms with Gasteiger partial charge in [0.15, 0.2) is 11.2 Å². The summed E-state index contributed by atoms with van der Waals surface area (Å²) in [4.78, 5) is 50.3. The molecule has 0 heterocycles. The van der Waals surface area contributed by atoms with Gasteiger partial charge in [-0.05, 0) is 36.2 Å². The molecule has 0 spiro atoms. The molecule has 0 amide bonds. The number of halogens is 1. The number of ether oxygens (including phenoxy) is 2. The quantitative estimate of drug-likeness (QED) is 0.183. The number of methoxy groups -OCH3 is 2. The second-order valence-electron chi connectivity index (χ2n) is 7.64. The van der Waals surface area contributed by atoms with Crippen LogP contribution >= 0.6 is 11.6 Å². The maximum absolute atomic E-state index is 13.7. The maximum Gasteiger partial charge on any atom is 0.324 e. The van der Waals surface area contributed by atoms with E-state index >= 15 is 0 Å². The minimum atomic E-state index is -1.89. The highest BCUT2D eigenvalue weighted by atomic mass is 35.5. The topological polar surface area (TPSA) is 113 Å². The molecular weight excluding hydrogens is 450 g/mol. The number of nitro groups is 1. The van der Waals surface area contributed by atoms with Crippen molar-refractivity contribution in [2.24, 2.45) is 16.7 Å². The smallest absolute Gasteiger partial charge is 0.324 e. The Balaban J connectivity index is 2.15. The van der Waals surface area contributed by atoms with Crippen molar-refractivity contribution in [3.8, 4) is 0 Å². The number of nitrogens with zero attached hydrogens (tertiary/aromatic N) is 1. The van der Waals surface area contributed by atoms with Crippen molar-refractivity contribution < 1.29 is 28.8 Å². The average molecular weight is 472 g/mol. The van der Waals surface area contributed by atoms with Crippen LogP contribution in [0.5, 0.6) is 0 Å². The number of ketones is 1. The Morgan fingerprint density at radius 3 is 2.21 bits per heavy atom. The Morgan fingerprint density at radius 2 is 1.70 bits per heavy atom. The predicted octanol–water partition coefficient (Wildman–Crippen LogP) is 4.50. The van der Waals surface area contributed by atoms with E-state index in [1.165, 1.54) is 30.3 Å². The first-order valence-electron chi connectivity index (χ1n) is 10.1. The number of hydrogen-bond acceptors (Lipinski definition) is 7. The molecule has 172 valence electrons. The zero-order valence-corrected chi connectivity index (χ0v) is 19.0. The number of allylic oxidation sites excluding steroid dienone is 1. The molecule has 1 fully saturated rings. The summed E-state index contributed by atoms with van der Waals surface area (Å²) in [5.41, 5.74) is -2.70. The van der Waals surface area contributed by atoms with Gasteiger partial charge in [-0.25, -0.2) is 0 Å². The van der Waals surface area contributed by atoms with Gasteiger partial charge in [-0.2, -0.15) is 0 Å². The average Bonchev–Trinajstić information content (AvgIpc) is 3.45. The Kier molecular flexibility index (Phi) is 6.69. The Bertz CT molecular complexity index is 1130. The van der Waals surface area contributed by atoms with Crippen LogP contribution in [-0.2, 0) is 19.1 Å². The third kappa shape index (κ3) is 3.70. The summed E-state index contributed by atoms with van der Waals surface area (Å²) in [6.07, 6.45) is 3.23. The number of carbonyl (C=O) groups is 3. The summed E-state index contributed by atoms with van der Waals surface area (Å²) >= 11 is 5.94. The van der Waals surface area contributed by atoms with Crippen molar-refractivity contribution in [2.45, 2.75) is 13.3 Å². The summed E-state index contributed by atoms with van der Waals surface area (Å²) in [5, 5.41) is 11.5. The van der Waals surface area contributed by atoms with Gasteiger partial charge in [-0.15, -0.1) is 0 Å². The number of benzene rings is 2. The second-order valence-corrected chi connectivity index (χ2v) is 8.08. The van der Waals surface area contributed by atoms with Crippen LogP contribution in [0.3, 0.4) is 0 Å². The van der Waals surface area contributed by atoms with Crippen molar-refractivity contribution in [2.75, 3.05) is 14.2 Å². The van der Waals surface area contributed by atoms with Crippen LogP contribution in [0.15, 0.2) is 54.6 Å². The Morgan fingerprint density at radius 1 is 1.09 bits per heavy atom. The zero-order valence-electron chi connectivity index (χ0n) is 18.2. The Labute approximate surface area is 195 Å². The fraction of sp³-hybridized carbons (Fsp3) is 0.292. The highest BCUT2D eigenvalue weighted by Crippen LogP contribution is 2.74. The fourth-order valence-electron chi connectivity index (χ4n) is 4.69. The number of nitro benzene ring substituents is 1. The molecular formula is C24H22ClNO7. The van der Waals surface area contributed by atoms with Gasteiger partial charge in [0.2, 0.25) is 0 Å². The SMILES string of the molecule is CC[C@@]1(C(=O)c2ccc(Cl)cc2)[C@@H](/C=C/c2cccc([N+](=O)[O-])c2)C1(C(=O)OC)C(=O)OC. The molecule has 8 nitrogen and oxygen atoms in total. The lowest BCUT2D eigenvalue weighted by Crippen LogP contribution is -2.37. The first-order valence-corrected chi connectivity index (χ1v) is 10.5. The van der Waals surface area contributed by atoms with Crippen molar-refractivity contribution >= 4 is 41.1 Å². The summed E-state index contributed by atoms with van der Waals surface area (Å²) in [7, 11) is 2.28. The molecule has 0 saturated heterocycles. The van der Waals surface area contributed by atoms with Crippen molar-refractivity contribution in [1.82, 2.24) is 0 Å². The molecule has 0 aliphatic heterocycles. The molecule has 0 bridgehead atoms. The monoisotopic (exact) mass is 471 g/mol. The molecule has 2 aromatic carbocycles. The van der Waals surface area contributed by atoms with Crippen LogP contribution in [0.25, 0.3) is 6.08 Å². The van der Waals surface area contributed by atoms with Gasteiger partial charge in [0.1, 0.15) is 0 Å². The van der Waals surface area contributed by atoms with E-state index in [2.05, 4.69) is 0 Å². The van der Waals surface area contributed by atoms with Crippen LogP contribution in [0.1, 0.15) is 29.3 Å². The third-order valence-electron chi connectivity index (χ3n) is 6.26. The standard InChI is InChI=1S/C24H22ClNO7/c1-4-23(20(27)16-9-11-17(25)12-10-16)19(24(23,21(28)32-2)22(29)33-3)13-8-15-6-5-7-18(14-15)26(30)31/h5-14,19H,4H2,1-3H3/b13-8+/t19-,23+/m1/s1. The molecule has 9 heteroatoms. The van der Waals surface area contributed by atoms with Crippen LogP contribution in [-0.4, -0.2) is 36.9 Å². The molecule has 1 saturated carbocycles. The minimum Gasteiger partial charge on any atom is -0.468 e. The second kappa shape index (κ2) is 9.15. The lowest BCUT2D eigenvalue weighted by molar-refractivity contribution is -0.384. The van der Waals surface area contributed by atoms with E-state index in [4.69, 9.17) is 21.1 Å².